The van der Waals surface area contributed by atoms with Crippen molar-refractivity contribution in [2.45, 2.75) is 32.9 Å². The zero-order chi connectivity index (χ0) is 11.3. The lowest BCUT2D eigenvalue weighted by Gasteiger charge is -2.19. The van der Waals surface area contributed by atoms with Crippen LogP contribution in [0.1, 0.15) is 26.5 Å². The molecule has 1 aromatic heterocycles. The Hall–Kier alpha value is -1.36. The molecule has 0 aromatic carbocycles. The fourth-order valence-corrected chi connectivity index (χ4v) is 1.06. The minimum absolute atomic E-state index is 0.205. The molecule has 1 rings (SSSR count). The minimum atomic E-state index is -0.424. The first-order valence-corrected chi connectivity index (χ1v) is 4.88. The van der Waals surface area contributed by atoms with Crippen LogP contribution in [0.5, 0.6) is 0 Å². The van der Waals surface area contributed by atoms with Crippen LogP contribution >= 0.6 is 0 Å². The van der Waals surface area contributed by atoms with E-state index in [1.165, 1.54) is 0 Å². The Morgan fingerprint density at radius 3 is 2.87 bits per heavy atom. The maximum absolute atomic E-state index is 11.3. The number of hydrogen-bond donors (Lipinski definition) is 2. The predicted octanol–water partition coefficient (Wildman–Crippen LogP) is 0.841. The first-order valence-electron chi connectivity index (χ1n) is 4.88. The van der Waals surface area contributed by atoms with E-state index < -0.39 is 5.60 Å². The zero-order valence-electron chi connectivity index (χ0n) is 9.33. The largest absolute Gasteiger partial charge is 0.459 e. The van der Waals surface area contributed by atoms with Crippen molar-refractivity contribution in [3.8, 4) is 0 Å². The molecule has 0 spiro atoms. The Balaban J connectivity index is 2.18. The summed E-state index contributed by atoms with van der Waals surface area (Å²) in [7, 11) is 0. The average Bonchev–Trinajstić information content (AvgIpc) is 2.53. The average molecular weight is 211 g/mol. The Morgan fingerprint density at radius 1 is 1.60 bits per heavy atom. The molecule has 15 heavy (non-hydrogen) atoms. The van der Waals surface area contributed by atoms with Crippen LogP contribution in [0.15, 0.2) is 12.3 Å². The van der Waals surface area contributed by atoms with Gasteiger partial charge < -0.3 is 10.1 Å². The van der Waals surface area contributed by atoms with Gasteiger partial charge in [-0.05, 0) is 26.8 Å². The van der Waals surface area contributed by atoms with Crippen LogP contribution in [0.25, 0.3) is 0 Å². The van der Waals surface area contributed by atoms with E-state index in [1.807, 2.05) is 26.8 Å². The number of nitrogens with one attached hydrogen (secondary N) is 2. The van der Waals surface area contributed by atoms with E-state index in [0.717, 1.165) is 5.69 Å². The summed E-state index contributed by atoms with van der Waals surface area (Å²) in [6.45, 7) is 6.33. The summed E-state index contributed by atoms with van der Waals surface area (Å²) in [6, 6.07) is 1.85. The van der Waals surface area contributed by atoms with E-state index in [2.05, 4.69) is 15.5 Å². The lowest BCUT2D eigenvalue weighted by Crippen LogP contribution is -2.31. The van der Waals surface area contributed by atoms with Gasteiger partial charge in [-0.1, -0.05) is 0 Å². The highest BCUT2D eigenvalue weighted by Crippen LogP contribution is 2.06. The number of aromatic amines is 1. The highest BCUT2D eigenvalue weighted by molar-refractivity contribution is 5.72. The molecule has 5 heteroatoms. The Kier molecular flexibility index (Phi) is 3.85. The molecule has 0 unspecified atom stereocenters. The number of carbonyl (C=O) groups is 1. The van der Waals surface area contributed by atoms with Crippen molar-refractivity contribution in [1.29, 1.82) is 0 Å². The van der Waals surface area contributed by atoms with Crippen LogP contribution in [-0.2, 0) is 16.1 Å². The van der Waals surface area contributed by atoms with Gasteiger partial charge in [0.05, 0.1) is 6.54 Å². The molecule has 0 saturated heterocycles. The van der Waals surface area contributed by atoms with E-state index in [0.29, 0.717) is 6.54 Å². The van der Waals surface area contributed by atoms with Crippen molar-refractivity contribution in [3.05, 3.63) is 18.0 Å². The highest BCUT2D eigenvalue weighted by atomic mass is 16.6. The number of ether oxygens (including phenoxy) is 1. The van der Waals surface area contributed by atoms with Gasteiger partial charge in [-0.2, -0.15) is 5.10 Å². The molecule has 84 valence electrons. The van der Waals surface area contributed by atoms with Gasteiger partial charge >= 0.3 is 5.97 Å². The first-order chi connectivity index (χ1) is 6.97. The lowest BCUT2D eigenvalue weighted by molar-refractivity contribution is -0.153. The van der Waals surface area contributed by atoms with Crippen molar-refractivity contribution in [1.82, 2.24) is 15.5 Å². The van der Waals surface area contributed by atoms with E-state index in [-0.39, 0.29) is 12.5 Å². The minimum Gasteiger partial charge on any atom is -0.459 e. The second-order valence-corrected chi connectivity index (χ2v) is 4.27. The van der Waals surface area contributed by atoms with Crippen molar-refractivity contribution in [2.24, 2.45) is 0 Å². The Morgan fingerprint density at radius 2 is 2.33 bits per heavy atom. The third-order valence-electron chi connectivity index (χ3n) is 1.56. The van der Waals surface area contributed by atoms with Crippen molar-refractivity contribution < 1.29 is 9.53 Å². The third-order valence-corrected chi connectivity index (χ3v) is 1.56. The quantitative estimate of drug-likeness (QED) is 0.724. The number of H-pyrrole nitrogens is 1. The number of hydrogen-bond acceptors (Lipinski definition) is 4. The van der Waals surface area contributed by atoms with E-state index in [9.17, 15) is 4.79 Å². The third kappa shape index (κ3) is 5.17. The van der Waals surface area contributed by atoms with E-state index in [4.69, 9.17) is 4.74 Å². The van der Waals surface area contributed by atoms with Crippen molar-refractivity contribution in [2.75, 3.05) is 6.54 Å². The Labute approximate surface area is 89.2 Å². The number of carbonyl (C=O) groups excluding carboxylic acids is 1. The fraction of sp³-hybridized carbons (Fsp3) is 0.600. The van der Waals surface area contributed by atoms with Crippen LogP contribution in [0.4, 0.5) is 0 Å². The van der Waals surface area contributed by atoms with E-state index in [1.54, 1.807) is 6.20 Å². The summed E-state index contributed by atoms with van der Waals surface area (Å²) >= 11 is 0. The number of nitrogens with zero attached hydrogens (tertiary/aromatic N) is 1. The molecule has 1 heterocycles. The smallest absolute Gasteiger partial charge is 0.320 e. The maximum Gasteiger partial charge on any atom is 0.320 e. The van der Waals surface area contributed by atoms with Gasteiger partial charge in [0.15, 0.2) is 0 Å². The molecule has 0 saturated carbocycles. The molecule has 2 N–H and O–H groups in total. The number of aromatic nitrogens is 2. The monoisotopic (exact) mass is 211 g/mol. The molecule has 0 atom stereocenters. The number of esters is 1. The van der Waals surface area contributed by atoms with Crippen LogP contribution in [0, 0.1) is 0 Å². The second-order valence-electron chi connectivity index (χ2n) is 4.27. The molecule has 0 radical (unpaired) electrons. The molecule has 5 nitrogen and oxygen atoms in total. The fourth-order valence-electron chi connectivity index (χ4n) is 1.06. The van der Waals surface area contributed by atoms with Gasteiger partial charge in [-0.3, -0.25) is 9.89 Å². The summed E-state index contributed by atoms with van der Waals surface area (Å²) in [4.78, 5) is 11.3. The predicted molar refractivity (Wildman–Crippen MR) is 56.1 cm³/mol. The normalized spacial score (nSPS) is 11.4. The van der Waals surface area contributed by atoms with Gasteiger partial charge in [0.2, 0.25) is 0 Å². The van der Waals surface area contributed by atoms with Gasteiger partial charge in [-0.15, -0.1) is 0 Å². The topological polar surface area (TPSA) is 67.0 Å². The lowest BCUT2D eigenvalue weighted by atomic mass is 10.2. The van der Waals surface area contributed by atoms with Crippen molar-refractivity contribution >= 4 is 5.97 Å². The summed E-state index contributed by atoms with van der Waals surface area (Å²) in [5.41, 5.74) is 0.519. The maximum atomic E-state index is 11.3. The van der Waals surface area contributed by atoms with Gasteiger partial charge in [0.25, 0.3) is 0 Å². The van der Waals surface area contributed by atoms with Gasteiger partial charge in [0.1, 0.15) is 5.60 Å². The molecule has 0 aliphatic carbocycles. The van der Waals surface area contributed by atoms with Gasteiger partial charge in [-0.25, -0.2) is 0 Å². The molecule has 0 bridgehead atoms. The molecule has 0 fully saturated rings. The van der Waals surface area contributed by atoms with Crippen molar-refractivity contribution in [3.63, 3.8) is 0 Å². The summed E-state index contributed by atoms with van der Waals surface area (Å²) in [5, 5.41) is 9.56. The molecular formula is C10H17N3O2. The zero-order valence-corrected chi connectivity index (χ0v) is 9.33. The van der Waals surface area contributed by atoms with Crippen LogP contribution in [-0.4, -0.2) is 28.3 Å². The second kappa shape index (κ2) is 4.93. The van der Waals surface area contributed by atoms with E-state index >= 15 is 0 Å². The van der Waals surface area contributed by atoms with Crippen LogP contribution in [0.2, 0.25) is 0 Å². The summed E-state index contributed by atoms with van der Waals surface area (Å²) in [5.74, 6) is -0.248. The Bertz CT molecular complexity index is 301. The SMILES string of the molecule is CC(C)(C)OC(=O)CNCc1ccn[nH]1. The van der Waals surface area contributed by atoms with Gasteiger partial charge in [0, 0.05) is 18.4 Å². The molecular weight excluding hydrogens is 194 g/mol. The molecule has 0 amide bonds. The number of rotatable bonds is 4. The molecule has 1 aromatic rings. The standard InChI is InChI=1S/C10H17N3O2/c1-10(2,3)15-9(14)7-11-6-8-4-5-12-13-8/h4-5,11H,6-7H2,1-3H3,(H,12,13). The summed E-state index contributed by atoms with van der Waals surface area (Å²) in [6.07, 6.45) is 1.67. The van der Waals surface area contributed by atoms with Crippen LogP contribution in [0.3, 0.4) is 0 Å². The first kappa shape index (κ1) is 11.7. The highest BCUT2D eigenvalue weighted by Gasteiger charge is 2.15. The van der Waals surface area contributed by atoms with Crippen LogP contribution < -0.4 is 5.32 Å². The summed E-state index contributed by atoms with van der Waals surface area (Å²) < 4.78 is 5.13. The molecule has 0 aliphatic rings. The molecule has 0 aliphatic heterocycles.